The van der Waals surface area contributed by atoms with Crippen molar-refractivity contribution in [2.75, 3.05) is 52.5 Å². The van der Waals surface area contributed by atoms with Crippen LogP contribution in [0.2, 0.25) is 10.0 Å². The van der Waals surface area contributed by atoms with E-state index in [0.29, 0.717) is 16.7 Å². The molecule has 2 aliphatic heterocycles. The summed E-state index contributed by atoms with van der Waals surface area (Å²) < 4.78 is 10.7. The van der Waals surface area contributed by atoms with Gasteiger partial charge in [0.25, 0.3) is 0 Å². The number of carbonyl (C=O) groups is 1. The number of piperidine rings is 1. The molecule has 2 saturated heterocycles. The van der Waals surface area contributed by atoms with E-state index in [0.717, 1.165) is 70.8 Å². The monoisotopic (exact) mass is 428 g/mol. The number of esters is 1. The predicted octanol–water partition coefficient (Wildman–Crippen LogP) is 4.03. The average Bonchev–Trinajstić information content (AvgIpc) is 2.72. The number of hydrogen-bond donors (Lipinski definition) is 0. The maximum Gasteiger partial charge on any atom is 0.310 e. The SMILES string of the molecule is CCOC(=O)C1CCCN(C(CCN2CCOCC2)c2ccc(Cl)c(Cl)c2)C1. The highest BCUT2D eigenvalue weighted by atomic mass is 35.5. The van der Waals surface area contributed by atoms with Gasteiger partial charge in [0.1, 0.15) is 0 Å². The lowest BCUT2D eigenvalue weighted by molar-refractivity contribution is -0.150. The van der Waals surface area contributed by atoms with Crippen LogP contribution in [0.5, 0.6) is 0 Å². The molecule has 28 heavy (non-hydrogen) atoms. The van der Waals surface area contributed by atoms with Crippen molar-refractivity contribution in [1.82, 2.24) is 9.80 Å². The van der Waals surface area contributed by atoms with E-state index in [1.54, 1.807) is 0 Å². The molecule has 0 N–H and O–H groups in total. The largest absolute Gasteiger partial charge is 0.466 e. The summed E-state index contributed by atoms with van der Waals surface area (Å²) >= 11 is 12.5. The van der Waals surface area contributed by atoms with Crippen LogP contribution in [0, 0.1) is 5.92 Å². The third-order valence-corrected chi connectivity index (χ3v) is 6.40. The van der Waals surface area contributed by atoms with E-state index in [1.807, 2.05) is 19.1 Å². The molecule has 0 aliphatic carbocycles. The Hall–Kier alpha value is -0.850. The lowest BCUT2D eigenvalue weighted by atomic mass is 9.93. The van der Waals surface area contributed by atoms with Gasteiger partial charge >= 0.3 is 5.97 Å². The third-order valence-electron chi connectivity index (χ3n) is 5.66. The van der Waals surface area contributed by atoms with Crippen LogP contribution in [0.4, 0.5) is 0 Å². The fraction of sp³-hybridized carbons (Fsp3) is 0.667. The third kappa shape index (κ3) is 5.83. The first kappa shape index (κ1) is 21.8. The van der Waals surface area contributed by atoms with Crippen LogP contribution in [0.1, 0.15) is 37.8 Å². The van der Waals surface area contributed by atoms with Gasteiger partial charge in [-0.15, -0.1) is 0 Å². The zero-order valence-electron chi connectivity index (χ0n) is 16.5. The summed E-state index contributed by atoms with van der Waals surface area (Å²) in [4.78, 5) is 17.2. The van der Waals surface area contributed by atoms with Crippen molar-refractivity contribution in [1.29, 1.82) is 0 Å². The summed E-state index contributed by atoms with van der Waals surface area (Å²) in [5.74, 6) is -0.129. The summed E-state index contributed by atoms with van der Waals surface area (Å²) in [6.07, 6.45) is 2.87. The first-order valence-electron chi connectivity index (χ1n) is 10.2. The molecular formula is C21H30Cl2N2O3. The maximum absolute atomic E-state index is 12.3. The molecular weight excluding hydrogens is 399 g/mol. The highest BCUT2D eigenvalue weighted by molar-refractivity contribution is 6.42. The Morgan fingerprint density at radius 2 is 2.04 bits per heavy atom. The Labute approximate surface area is 177 Å². The van der Waals surface area contributed by atoms with E-state index in [4.69, 9.17) is 32.7 Å². The normalized spacial score (nSPS) is 22.8. The van der Waals surface area contributed by atoms with Gasteiger partial charge in [-0.2, -0.15) is 0 Å². The van der Waals surface area contributed by atoms with Gasteiger partial charge in [-0.05, 0) is 50.4 Å². The summed E-state index contributed by atoms with van der Waals surface area (Å²) in [6.45, 7) is 8.53. The van der Waals surface area contributed by atoms with Crippen LogP contribution in [-0.2, 0) is 14.3 Å². The second-order valence-corrected chi connectivity index (χ2v) is 8.33. The van der Waals surface area contributed by atoms with Crippen molar-refractivity contribution in [2.45, 2.75) is 32.2 Å². The lowest BCUT2D eigenvalue weighted by Crippen LogP contribution is -2.43. The van der Waals surface area contributed by atoms with Gasteiger partial charge in [-0.25, -0.2) is 0 Å². The number of nitrogens with zero attached hydrogens (tertiary/aromatic N) is 2. The molecule has 156 valence electrons. The van der Waals surface area contributed by atoms with Crippen LogP contribution in [0.25, 0.3) is 0 Å². The highest BCUT2D eigenvalue weighted by Crippen LogP contribution is 2.33. The molecule has 0 aromatic heterocycles. The Morgan fingerprint density at radius 1 is 1.25 bits per heavy atom. The van der Waals surface area contributed by atoms with Gasteiger partial charge in [0.05, 0.1) is 35.8 Å². The Balaban J connectivity index is 1.74. The van der Waals surface area contributed by atoms with Crippen molar-refractivity contribution in [3.63, 3.8) is 0 Å². The van der Waals surface area contributed by atoms with Gasteiger partial charge < -0.3 is 9.47 Å². The number of halogens is 2. The molecule has 2 heterocycles. The van der Waals surface area contributed by atoms with E-state index in [2.05, 4.69) is 15.9 Å². The van der Waals surface area contributed by atoms with Crippen molar-refractivity contribution < 1.29 is 14.3 Å². The van der Waals surface area contributed by atoms with Gasteiger partial charge in [-0.3, -0.25) is 14.6 Å². The number of hydrogen-bond acceptors (Lipinski definition) is 5. The molecule has 5 nitrogen and oxygen atoms in total. The predicted molar refractivity (Wildman–Crippen MR) is 112 cm³/mol. The quantitative estimate of drug-likeness (QED) is 0.613. The van der Waals surface area contributed by atoms with Gasteiger partial charge in [0.2, 0.25) is 0 Å². The van der Waals surface area contributed by atoms with Gasteiger partial charge in [0, 0.05) is 32.2 Å². The topological polar surface area (TPSA) is 42.0 Å². The number of likely N-dealkylation sites (tertiary alicyclic amines) is 1. The minimum Gasteiger partial charge on any atom is -0.466 e. The number of ether oxygens (including phenoxy) is 2. The fourth-order valence-electron chi connectivity index (χ4n) is 4.15. The molecule has 2 fully saturated rings. The number of rotatable bonds is 7. The Bertz CT molecular complexity index is 653. The summed E-state index contributed by atoms with van der Waals surface area (Å²) in [5.41, 5.74) is 1.16. The van der Waals surface area contributed by atoms with Crippen molar-refractivity contribution in [3.05, 3.63) is 33.8 Å². The molecule has 0 spiro atoms. The smallest absolute Gasteiger partial charge is 0.310 e. The lowest BCUT2D eigenvalue weighted by Gasteiger charge is -2.39. The van der Waals surface area contributed by atoms with Crippen LogP contribution in [-0.4, -0.2) is 68.3 Å². The minimum atomic E-state index is -0.0757. The molecule has 0 amide bonds. The molecule has 0 saturated carbocycles. The minimum absolute atomic E-state index is 0.0534. The Kier molecular flexibility index (Phi) is 8.42. The van der Waals surface area contributed by atoms with Crippen LogP contribution in [0.3, 0.4) is 0 Å². The second-order valence-electron chi connectivity index (χ2n) is 7.52. The second kappa shape index (κ2) is 10.8. The molecule has 0 radical (unpaired) electrons. The summed E-state index contributed by atoms with van der Waals surface area (Å²) in [7, 11) is 0. The molecule has 3 rings (SSSR count). The molecule has 2 aliphatic rings. The molecule has 1 aromatic carbocycles. The van der Waals surface area contributed by atoms with E-state index in [1.165, 1.54) is 0 Å². The summed E-state index contributed by atoms with van der Waals surface area (Å²) in [6, 6.07) is 6.11. The van der Waals surface area contributed by atoms with E-state index in [9.17, 15) is 4.79 Å². The molecule has 2 unspecified atom stereocenters. The standard InChI is InChI=1S/C21H30Cl2N2O3/c1-2-28-21(26)17-4-3-8-25(15-17)20(7-9-24-10-12-27-13-11-24)16-5-6-18(22)19(23)14-16/h5-6,14,17,20H,2-4,7-13,15H2,1H3. The van der Waals surface area contributed by atoms with Gasteiger partial charge in [-0.1, -0.05) is 29.3 Å². The van der Waals surface area contributed by atoms with E-state index < -0.39 is 0 Å². The van der Waals surface area contributed by atoms with Crippen LogP contribution in [0.15, 0.2) is 18.2 Å². The molecule has 7 heteroatoms. The van der Waals surface area contributed by atoms with Crippen molar-refractivity contribution >= 4 is 29.2 Å². The zero-order chi connectivity index (χ0) is 19.9. The molecule has 2 atom stereocenters. The van der Waals surface area contributed by atoms with Gasteiger partial charge in [0.15, 0.2) is 0 Å². The van der Waals surface area contributed by atoms with Crippen molar-refractivity contribution in [2.24, 2.45) is 5.92 Å². The maximum atomic E-state index is 12.3. The number of morpholine rings is 1. The van der Waals surface area contributed by atoms with E-state index >= 15 is 0 Å². The Morgan fingerprint density at radius 3 is 2.75 bits per heavy atom. The zero-order valence-corrected chi connectivity index (χ0v) is 18.1. The first-order chi connectivity index (χ1) is 13.6. The van der Waals surface area contributed by atoms with Crippen molar-refractivity contribution in [3.8, 4) is 0 Å². The average molecular weight is 429 g/mol. The summed E-state index contributed by atoms with van der Waals surface area (Å²) in [5, 5.41) is 1.15. The molecule has 1 aromatic rings. The first-order valence-corrected chi connectivity index (χ1v) is 11.0. The van der Waals surface area contributed by atoms with Crippen LogP contribution < -0.4 is 0 Å². The fourth-order valence-corrected chi connectivity index (χ4v) is 4.46. The highest BCUT2D eigenvalue weighted by Gasteiger charge is 2.31. The number of carbonyl (C=O) groups excluding carboxylic acids is 1. The van der Waals surface area contributed by atoms with Crippen LogP contribution >= 0.6 is 23.2 Å². The molecule has 0 bridgehead atoms. The van der Waals surface area contributed by atoms with E-state index in [-0.39, 0.29) is 17.9 Å². The number of benzene rings is 1.